The van der Waals surface area contributed by atoms with Crippen LogP contribution in [0.3, 0.4) is 0 Å². The van der Waals surface area contributed by atoms with E-state index in [1.54, 1.807) is 31.2 Å². The summed E-state index contributed by atoms with van der Waals surface area (Å²) < 4.78 is 8.52. The minimum atomic E-state index is -0.160. The summed E-state index contributed by atoms with van der Waals surface area (Å²) in [5.74, 6) is -0.160. The highest BCUT2D eigenvalue weighted by Gasteiger charge is 2.18. The van der Waals surface area contributed by atoms with E-state index in [0.29, 0.717) is 17.9 Å². The SMILES string of the molecule is CCn1cc(C(C)NC(=O)c2cn(C)nc2COC)cn1. The number of carbonyl (C=O) groups is 1. The summed E-state index contributed by atoms with van der Waals surface area (Å²) in [5, 5.41) is 11.4. The molecule has 0 bridgehead atoms. The van der Waals surface area contributed by atoms with Crippen LogP contribution in [0.15, 0.2) is 18.6 Å². The fourth-order valence-electron chi connectivity index (χ4n) is 2.10. The fraction of sp³-hybridized carbons (Fsp3) is 0.500. The van der Waals surface area contributed by atoms with Crippen LogP contribution >= 0.6 is 0 Å². The Morgan fingerprint density at radius 2 is 2.24 bits per heavy atom. The number of aryl methyl sites for hydroxylation is 2. The Kier molecular flexibility index (Phi) is 4.74. The van der Waals surface area contributed by atoms with Crippen LogP contribution in [0.2, 0.25) is 0 Å². The van der Waals surface area contributed by atoms with Crippen LogP contribution in [0.1, 0.15) is 41.5 Å². The molecule has 2 rings (SSSR count). The van der Waals surface area contributed by atoms with E-state index in [2.05, 4.69) is 15.5 Å². The van der Waals surface area contributed by atoms with Gasteiger partial charge in [0.25, 0.3) is 5.91 Å². The van der Waals surface area contributed by atoms with E-state index in [9.17, 15) is 4.79 Å². The van der Waals surface area contributed by atoms with Gasteiger partial charge in [-0.2, -0.15) is 10.2 Å². The van der Waals surface area contributed by atoms with E-state index in [4.69, 9.17) is 4.74 Å². The maximum Gasteiger partial charge on any atom is 0.255 e. The summed E-state index contributed by atoms with van der Waals surface area (Å²) in [6.45, 7) is 5.07. The molecule has 7 heteroatoms. The lowest BCUT2D eigenvalue weighted by molar-refractivity contribution is 0.0935. The van der Waals surface area contributed by atoms with Crippen LogP contribution in [0.5, 0.6) is 0 Å². The predicted octanol–water partition coefficient (Wildman–Crippen LogP) is 1.27. The molecule has 2 heterocycles. The Hall–Kier alpha value is -2.15. The average molecular weight is 291 g/mol. The third kappa shape index (κ3) is 3.49. The number of carbonyl (C=O) groups excluding carboxylic acids is 1. The smallest absolute Gasteiger partial charge is 0.255 e. The van der Waals surface area contributed by atoms with Crippen molar-refractivity contribution < 1.29 is 9.53 Å². The second-order valence-electron chi connectivity index (χ2n) is 4.92. The molecule has 0 aliphatic rings. The van der Waals surface area contributed by atoms with Crippen LogP contribution < -0.4 is 5.32 Å². The number of rotatable bonds is 6. The summed E-state index contributed by atoms with van der Waals surface area (Å²) >= 11 is 0. The highest BCUT2D eigenvalue weighted by atomic mass is 16.5. The molecule has 0 saturated heterocycles. The van der Waals surface area contributed by atoms with Gasteiger partial charge in [0.15, 0.2) is 0 Å². The van der Waals surface area contributed by atoms with Gasteiger partial charge in [0, 0.05) is 38.7 Å². The van der Waals surface area contributed by atoms with E-state index >= 15 is 0 Å². The van der Waals surface area contributed by atoms with Crippen LogP contribution in [0.25, 0.3) is 0 Å². The standard InChI is InChI=1S/C14H21N5O2/c1-5-19-7-11(6-15-19)10(2)16-14(20)12-8-18(3)17-13(12)9-21-4/h6-8,10H,5,9H2,1-4H3,(H,16,20). The van der Waals surface area contributed by atoms with Gasteiger partial charge >= 0.3 is 0 Å². The largest absolute Gasteiger partial charge is 0.378 e. The molecule has 0 fully saturated rings. The third-order valence-corrected chi connectivity index (χ3v) is 3.26. The predicted molar refractivity (Wildman–Crippen MR) is 77.7 cm³/mol. The lowest BCUT2D eigenvalue weighted by Crippen LogP contribution is -2.27. The van der Waals surface area contributed by atoms with E-state index in [0.717, 1.165) is 12.1 Å². The maximum atomic E-state index is 12.4. The second-order valence-corrected chi connectivity index (χ2v) is 4.92. The molecule has 1 N–H and O–H groups in total. The molecule has 114 valence electrons. The molecule has 0 aliphatic carbocycles. The van der Waals surface area contributed by atoms with Gasteiger partial charge in [0.1, 0.15) is 5.69 Å². The Morgan fingerprint density at radius 3 is 2.86 bits per heavy atom. The Morgan fingerprint density at radius 1 is 1.48 bits per heavy atom. The van der Waals surface area contributed by atoms with Crippen molar-refractivity contribution in [1.82, 2.24) is 24.9 Å². The van der Waals surface area contributed by atoms with Crippen molar-refractivity contribution in [2.45, 2.75) is 33.0 Å². The molecule has 0 saturated carbocycles. The molecule has 0 radical (unpaired) electrons. The van der Waals surface area contributed by atoms with Crippen molar-refractivity contribution in [2.24, 2.45) is 7.05 Å². The normalized spacial score (nSPS) is 12.4. The van der Waals surface area contributed by atoms with E-state index in [1.165, 1.54) is 0 Å². The number of methoxy groups -OCH3 is 1. The lowest BCUT2D eigenvalue weighted by Gasteiger charge is -2.11. The lowest BCUT2D eigenvalue weighted by atomic mass is 10.1. The summed E-state index contributed by atoms with van der Waals surface area (Å²) in [6, 6.07) is -0.117. The van der Waals surface area contributed by atoms with Crippen molar-refractivity contribution in [1.29, 1.82) is 0 Å². The number of hydrogen-bond acceptors (Lipinski definition) is 4. The number of hydrogen-bond donors (Lipinski definition) is 1. The maximum absolute atomic E-state index is 12.4. The number of amides is 1. The van der Waals surface area contributed by atoms with Crippen molar-refractivity contribution in [3.05, 3.63) is 35.4 Å². The molecule has 0 spiro atoms. The molecule has 7 nitrogen and oxygen atoms in total. The third-order valence-electron chi connectivity index (χ3n) is 3.26. The van der Waals surface area contributed by atoms with Crippen LogP contribution in [0, 0.1) is 0 Å². The van der Waals surface area contributed by atoms with Crippen molar-refractivity contribution in [3.8, 4) is 0 Å². The van der Waals surface area contributed by atoms with Crippen LogP contribution in [-0.2, 0) is 24.9 Å². The van der Waals surface area contributed by atoms with Gasteiger partial charge in [-0.05, 0) is 13.8 Å². The van der Waals surface area contributed by atoms with Crippen molar-refractivity contribution in [3.63, 3.8) is 0 Å². The molecular formula is C14H21N5O2. The zero-order valence-electron chi connectivity index (χ0n) is 12.8. The van der Waals surface area contributed by atoms with Gasteiger partial charge in [-0.3, -0.25) is 14.2 Å². The van der Waals surface area contributed by atoms with E-state index < -0.39 is 0 Å². The Balaban J connectivity index is 2.10. The van der Waals surface area contributed by atoms with Crippen molar-refractivity contribution >= 4 is 5.91 Å². The first kappa shape index (κ1) is 15.2. The van der Waals surface area contributed by atoms with Crippen LogP contribution in [0.4, 0.5) is 0 Å². The van der Waals surface area contributed by atoms with Gasteiger partial charge in [-0.15, -0.1) is 0 Å². The van der Waals surface area contributed by atoms with Crippen LogP contribution in [-0.4, -0.2) is 32.6 Å². The average Bonchev–Trinajstić information content (AvgIpc) is 3.05. The molecule has 0 aliphatic heterocycles. The molecule has 1 amide bonds. The first-order chi connectivity index (χ1) is 10.0. The fourth-order valence-corrected chi connectivity index (χ4v) is 2.10. The highest BCUT2D eigenvalue weighted by Crippen LogP contribution is 2.14. The zero-order chi connectivity index (χ0) is 15.4. The van der Waals surface area contributed by atoms with E-state index in [1.807, 2.05) is 24.7 Å². The quantitative estimate of drug-likeness (QED) is 0.870. The number of aromatic nitrogens is 4. The van der Waals surface area contributed by atoms with Gasteiger partial charge < -0.3 is 10.1 Å². The minimum Gasteiger partial charge on any atom is -0.378 e. The zero-order valence-corrected chi connectivity index (χ0v) is 12.8. The van der Waals surface area contributed by atoms with Gasteiger partial charge in [0.05, 0.1) is 24.4 Å². The topological polar surface area (TPSA) is 74.0 Å². The molecule has 21 heavy (non-hydrogen) atoms. The monoisotopic (exact) mass is 291 g/mol. The van der Waals surface area contributed by atoms with Gasteiger partial charge in [0.2, 0.25) is 0 Å². The first-order valence-corrected chi connectivity index (χ1v) is 6.89. The number of nitrogens with zero attached hydrogens (tertiary/aromatic N) is 4. The second kappa shape index (κ2) is 6.53. The van der Waals surface area contributed by atoms with Crippen molar-refractivity contribution in [2.75, 3.05) is 7.11 Å². The molecule has 2 aromatic rings. The van der Waals surface area contributed by atoms with Gasteiger partial charge in [-0.1, -0.05) is 0 Å². The summed E-state index contributed by atoms with van der Waals surface area (Å²) in [6.07, 6.45) is 5.41. The Bertz CT molecular complexity index is 617. The number of nitrogens with one attached hydrogen (secondary N) is 1. The first-order valence-electron chi connectivity index (χ1n) is 6.89. The summed E-state index contributed by atoms with van der Waals surface area (Å²) in [5.41, 5.74) is 2.14. The summed E-state index contributed by atoms with van der Waals surface area (Å²) in [4.78, 5) is 12.4. The van der Waals surface area contributed by atoms with Gasteiger partial charge in [-0.25, -0.2) is 0 Å². The molecule has 1 atom stereocenters. The Labute approximate surface area is 123 Å². The highest BCUT2D eigenvalue weighted by molar-refractivity contribution is 5.95. The number of ether oxygens (including phenoxy) is 1. The molecule has 1 unspecified atom stereocenters. The molecular weight excluding hydrogens is 270 g/mol. The van der Waals surface area contributed by atoms with E-state index in [-0.39, 0.29) is 11.9 Å². The molecule has 2 aromatic heterocycles. The molecule has 0 aromatic carbocycles. The summed E-state index contributed by atoms with van der Waals surface area (Å²) in [7, 11) is 3.36. The minimum absolute atomic E-state index is 0.117.